The molecule has 0 saturated carbocycles. The SMILES string of the molecule is CCc1cc(CNC(=O)CC(C)C)ccc1OC. The maximum Gasteiger partial charge on any atom is 0.220 e. The molecule has 18 heavy (non-hydrogen) atoms. The summed E-state index contributed by atoms with van der Waals surface area (Å²) in [6.07, 6.45) is 1.51. The number of benzene rings is 1. The molecule has 1 N–H and O–H groups in total. The molecule has 3 nitrogen and oxygen atoms in total. The van der Waals surface area contributed by atoms with E-state index < -0.39 is 0 Å². The van der Waals surface area contributed by atoms with Crippen LogP contribution in [-0.2, 0) is 17.8 Å². The highest BCUT2D eigenvalue weighted by atomic mass is 16.5. The van der Waals surface area contributed by atoms with Gasteiger partial charge in [-0.15, -0.1) is 0 Å². The molecule has 0 unspecified atom stereocenters. The first-order valence-corrected chi connectivity index (χ1v) is 6.49. The van der Waals surface area contributed by atoms with Crippen molar-refractivity contribution in [2.24, 2.45) is 5.92 Å². The van der Waals surface area contributed by atoms with Crippen LogP contribution >= 0.6 is 0 Å². The van der Waals surface area contributed by atoms with E-state index in [0.717, 1.165) is 17.7 Å². The second-order valence-corrected chi connectivity index (χ2v) is 4.87. The average Bonchev–Trinajstić information content (AvgIpc) is 2.35. The van der Waals surface area contributed by atoms with Crippen LogP contribution in [0.15, 0.2) is 18.2 Å². The molecule has 0 aliphatic rings. The molecule has 1 amide bonds. The Bertz CT molecular complexity index is 399. The number of hydrogen-bond acceptors (Lipinski definition) is 2. The Hall–Kier alpha value is -1.51. The lowest BCUT2D eigenvalue weighted by Gasteiger charge is -2.11. The smallest absolute Gasteiger partial charge is 0.220 e. The maximum atomic E-state index is 11.6. The summed E-state index contributed by atoms with van der Waals surface area (Å²) in [6.45, 7) is 6.77. The summed E-state index contributed by atoms with van der Waals surface area (Å²) in [7, 11) is 1.68. The van der Waals surface area contributed by atoms with Crippen LogP contribution in [0.2, 0.25) is 0 Å². The fraction of sp³-hybridized carbons (Fsp3) is 0.533. The van der Waals surface area contributed by atoms with Gasteiger partial charge in [0.15, 0.2) is 0 Å². The molecule has 0 fully saturated rings. The molecule has 0 aliphatic carbocycles. The van der Waals surface area contributed by atoms with E-state index >= 15 is 0 Å². The number of rotatable bonds is 6. The molecule has 0 atom stereocenters. The maximum absolute atomic E-state index is 11.6. The Kier molecular flexibility index (Phi) is 5.69. The summed E-state index contributed by atoms with van der Waals surface area (Å²) < 4.78 is 5.28. The van der Waals surface area contributed by atoms with Gasteiger partial charge < -0.3 is 10.1 Å². The number of aryl methyl sites for hydroxylation is 1. The quantitative estimate of drug-likeness (QED) is 0.842. The van der Waals surface area contributed by atoms with Crippen LogP contribution in [-0.4, -0.2) is 13.0 Å². The first-order valence-electron chi connectivity index (χ1n) is 6.49. The number of ether oxygens (including phenoxy) is 1. The third-order valence-corrected chi connectivity index (χ3v) is 2.81. The van der Waals surface area contributed by atoms with E-state index in [4.69, 9.17) is 4.74 Å². The molecular weight excluding hydrogens is 226 g/mol. The second kappa shape index (κ2) is 7.04. The zero-order chi connectivity index (χ0) is 13.5. The lowest BCUT2D eigenvalue weighted by atomic mass is 10.1. The third-order valence-electron chi connectivity index (χ3n) is 2.81. The first kappa shape index (κ1) is 14.6. The van der Waals surface area contributed by atoms with Gasteiger partial charge in [0, 0.05) is 13.0 Å². The normalized spacial score (nSPS) is 10.5. The van der Waals surface area contributed by atoms with Crippen molar-refractivity contribution in [1.82, 2.24) is 5.32 Å². The highest BCUT2D eigenvalue weighted by molar-refractivity contribution is 5.76. The van der Waals surface area contributed by atoms with Crippen LogP contribution in [0.1, 0.15) is 38.3 Å². The molecule has 0 aliphatic heterocycles. The van der Waals surface area contributed by atoms with Crippen molar-refractivity contribution in [3.8, 4) is 5.75 Å². The van der Waals surface area contributed by atoms with Gasteiger partial charge in [-0.1, -0.05) is 32.9 Å². The number of amides is 1. The van der Waals surface area contributed by atoms with Crippen molar-refractivity contribution in [1.29, 1.82) is 0 Å². The fourth-order valence-electron chi connectivity index (χ4n) is 1.86. The third kappa shape index (κ3) is 4.40. The van der Waals surface area contributed by atoms with E-state index in [1.165, 1.54) is 5.56 Å². The predicted octanol–water partition coefficient (Wildman–Crippen LogP) is 2.92. The molecule has 1 aromatic carbocycles. The zero-order valence-corrected chi connectivity index (χ0v) is 11.7. The number of nitrogens with one attached hydrogen (secondary N) is 1. The Morgan fingerprint density at radius 1 is 1.39 bits per heavy atom. The van der Waals surface area contributed by atoms with Crippen molar-refractivity contribution in [3.63, 3.8) is 0 Å². The van der Waals surface area contributed by atoms with Crippen LogP contribution in [0.5, 0.6) is 5.75 Å². The number of carbonyl (C=O) groups excluding carboxylic acids is 1. The number of hydrogen-bond donors (Lipinski definition) is 1. The van der Waals surface area contributed by atoms with E-state index in [9.17, 15) is 4.79 Å². The Morgan fingerprint density at radius 3 is 2.67 bits per heavy atom. The summed E-state index contributed by atoms with van der Waals surface area (Å²) >= 11 is 0. The van der Waals surface area contributed by atoms with Gasteiger partial charge in [-0.05, 0) is 29.5 Å². The van der Waals surface area contributed by atoms with E-state index in [2.05, 4.69) is 18.3 Å². The molecular formula is C15H23NO2. The monoisotopic (exact) mass is 249 g/mol. The van der Waals surface area contributed by atoms with Gasteiger partial charge in [0.2, 0.25) is 5.91 Å². The van der Waals surface area contributed by atoms with Gasteiger partial charge in [-0.2, -0.15) is 0 Å². The molecule has 0 spiro atoms. The number of carbonyl (C=O) groups is 1. The van der Waals surface area contributed by atoms with Gasteiger partial charge in [0.25, 0.3) is 0 Å². The molecule has 0 aromatic heterocycles. The highest BCUT2D eigenvalue weighted by Gasteiger charge is 2.06. The molecule has 1 aromatic rings. The summed E-state index contributed by atoms with van der Waals surface area (Å²) in [5.41, 5.74) is 2.29. The summed E-state index contributed by atoms with van der Waals surface area (Å²) in [4.78, 5) is 11.6. The van der Waals surface area contributed by atoms with E-state index in [1.54, 1.807) is 7.11 Å². The van der Waals surface area contributed by atoms with E-state index in [0.29, 0.717) is 18.9 Å². The van der Waals surface area contributed by atoms with E-state index in [-0.39, 0.29) is 5.91 Å². The van der Waals surface area contributed by atoms with Crippen molar-refractivity contribution < 1.29 is 9.53 Å². The number of methoxy groups -OCH3 is 1. The van der Waals surface area contributed by atoms with Crippen LogP contribution in [0, 0.1) is 5.92 Å². The zero-order valence-electron chi connectivity index (χ0n) is 11.7. The fourth-order valence-corrected chi connectivity index (χ4v) is 1.86. The van der Waals surface area contributed by atoms with Crippen LogP contribution < -0.4 is 10.1 Å². The Labute approximate surface area is 110 Å². The van der Waals surface area contributed by atoms with Crippen molar-refractivity contribution >= 4 is 5.91 Å². The van der Waals surface area contributed by atoms with Gasteiger partial charge in [0.05, 0.1) is 7.11 Å². The second-order valence-electron chi connectivity index (χ2n) is 4.87. The minimum absolute atomic E-state index is 0.110. The lowest BCUT2D eigenvalue weighted by molar-refractivity contribution is -0.121. The molecule has 0 radical (unpaired) electrons. The van der Waals surface area contributed by atoms with Crippen molar-refractivity contribution in [2.45, 2.75) is 40.2 Å². The molecule has 0 saturated heterocycles. The van der Waals surface area contributed by atoms with Crippen LogP contribution in [0.3, 0.4) is 0 Å². The molecule has 100 valence electrons. The van der Waals surface area contributed by atoms with Gasteiger partial charge in [-0.25, -0.2) is 0 Å². The lowest BCUT2D eigenvalue weighted by Crippen LogP contribution is -2.23. The molecule has 0 heterocycles. The topological polar surface area (TPSA) is 38.3 Å². The molecule has 1 rings (SSSR count). The average molecular weight is 249 g/mol. The summed E-state index contributed by atoms with van der Waals surface area (Å²) in [6, 6.07) is 6.05. The minimum Gasteiger partial charge on any atom is -0.496 e. The van der Waals surface area contributed by atoms with Crippen LogP contribution in [0.4, 0.5) is 0 Å². The van der Waals surface area contributed by atoms with Gasteiger partial charge in [0.1, 0.15) is 5.75 Å². The Balaban J connectivity index is 2.60. The van der Waals surface area contributed by atoms with Crippen molar-refractivity contribution in [3.05, 3.63) is 29.3 Å². The largest absolute Gasteiger partial charge is 0.496 e. The van der Waals surface area contributed by atoms with Crippen LogP contribution in [0.25, 0.3) is 0 Å². The Morgan fingerprint density at radius 2 is 2.11 bits per heavy atom. The molecule has 3 heteroatoms. The minimum atomic E-state index is 0.110. The summed E-state index contributed by atoms with van der Waals surface area (Å²) in [5.74, 6) is 1.42. The predicted molar refractivity (Wildman–Crippen MR) is 73.7 cm³/mol. The van der Waals surface area contributed by atoms with Gasteiger partial charge in [-0.3, -0.25) is 4.79 Å². The highest BCUT2D eigenvalue weighted by Crippen LogP contribution is 2.20. The summed E-state index contributed by atoms with van der Waals surface area (Å²) in [5, 5.41) is 2.94. The molecule has 0 bridgehead atoms. The first-order chi connectivity index (χ1) is 8.56. The standard InChI is InChI=1S/C15H23NO2/c1-5-13-9-12(6-7-14(13)18-4)10-16-15(17)8-11(2)3/h6-7,9,11H,5,8,10H2,1-4H3,(H,16,17). The van der Waals surface area contributed by atoms with Gasteiger partial charge >= 0.3 is 0 Å². The van der Waals surface area contributed by atoms with Crippen molar-refractivity contribution in [2.75, 3.05) is 7.11 Å². The van der Waals surface area contributed by atoms with E-state index in [1.807, 2.05) is 26.0 Å².